The topological polar surface area (TPSA) is 73.2 Å². The first-order chi connectivity index (χ1) is 12.5. The molecule has 2 fully saturated rings. The summed E-state index contributed by atoms with van der Waals surface area (Å²) in [6.07, 6.45) is 3.86. The monoisotopic (exact) mass is 355 g/mol. The second-order valence-electron chi connectivity index (χ2n) is 7.34. The van der Waals surface area contributed by atoms with Gasteiger partial charge in [-0.2, -0.15) is 0 Å². The first-order valence-electron chi connectivity index (χ1n) is 9.48. The summed E-state index contributed by atoms with van der Waals surface area (Å²) >= 11 is 0. The van der Waals surface area contributed by atoms with Crippen molar-refractivity contribution in [3.8, 4) is 0 Å². The zero-order valence-electron chi connectivity index (χ0n) is 15.5. The van der Waals surface area contributed by atoms with E-state index < -0.39 is 0 Å². The number of hydrogen-bond acceptors (Lipinski definition) is 4. The second-order valence-corrected chi connectivity index (χ2v) is 7.34. The Morgan fingerprint density at radius 1 is 1.38 bits per heavy atom. The van der Waals surface area contributed by atoms with Crippen LogP contribution in [-0.2, 0) is 11.3 Å². The van der Waals surface area contributed by atoms with E-state index in [1.807, 2.05) is 24.5 Å². The molecule has 1 saturated carbocycles. The average Bonchev–Trinajstić information content (AvgIpc) is 3.04. The highest BCUT2D eigenvalue weighted by Gasteiger charge is 2.53. The maximum Gasteiger partial charge on any atom is 0.257 e. The van der Waals surface area contributed by atoms with Crippen molar-refractivity contribution in [2.75, 3.05) is 6.61 Å². The number of amides is 1. The van der Waals surface area contributed by atoms with Crippen LogP contribution in [0.25, 0.3) is 11.0 Å². The van der Waals surface area contributed by atoms with E-state index in [-0.39, 0.29) is 29.0 Å². The van der Waals surface area contributed by atoms with Crippen molar-refractivity contribution < 1.29 is 9.53 Å². The molecule has 6 nitrogen and oxygen atoms in total. The first-order valence-corrected chi connectivity index (χ1v) is 9.48. The van der Waals surface area contributed by atoms with Gasteiger partial charge in [0.1, 0.15) is 11.2 Å². The van der Waals surface area contributed by atoms with Crippen molar-refractivity contribution in [1.29, 1.82) is 0 Å². The van der Waals surface area contributed by atoms with Crippen LogP contribution in [0, 0.1) is 18.8 Å². The van der Waals surface area contributed by atoms with Gasteiger partial charge in [0.15, 0.2) is 0 Å². The molecular formula is C20H25N3O3. The molecule has 6 heteroatoms. The second kappa shape index (κ2) is 6.50. The van der Waals surface area contributed by atoms with Crippen LogP contribution in [0.15, 0.2) is 23.1 Å². The van der Waals surface area contributed by atoms with E-state index in [0.29, 0.717) is 29.4 Å². The predicted octanol–water partition coefficient (Wildman–Crippen LogP) is 2.27. The van der Waals surface area contributed by atoms with Crippen LogP contribution in [0.2, 0.25) is 0 Å². The van der Waals surface area contributed by atoms with Crippen LogP contribution in [0.5, 0.6) is 0 Å². The summed E-state index contributed by atoms with van der Waals surface area (Å²) in [4.78, 5) is 30.3. The number of pyridine rings is 2. The molecule has 1 aliphatic heterocycles. The average molecular weight is 355 g/mol. The van der Waals surface area contributed by atoms with Crippen molar-refractivity contribution in [3.05, 3.63) is 39.8 Å². The molecule has 1 aliphatic carbocycles. The summed E-state index contributed by atoms with van der Waals surface area (Å²) in [6.45, 7) is 7.41. The molecule has 4 atom stereocenters. The maximum absolute atomic E-state index is 12.9. The first kappa shape index (κ1) is 17.2. The molecule has 0 radical (unpaired) electrons. The van der Waals surface area contributed by atoms with E-state index in [0.717, 1.165) is 25.1 Å². The molecule has 0 unspecified atom stereocenters. The van der Waals surface area contributed by atoms with Gasteiger partial charge in [0.25, 0.3) is 5.91 Å². The van der Waals surface area contributed by atoms with Crippen LogP contribution in [0.1, 0.15) is 42.7 Å². The Morgan fingerprint density at radius 2 is 2.19 bits per heavy atom. The fourth-order valence-electron chi connectivity index (χ4n) is 4.52. The van der Waals surface area contributed by atoms with Crippen LogP contribution < -0.4 is 10.7 Å². The number of rotatable bonds is 4. The van der Waals surface area contributed by atoms with Gasteiger partial charge in [-0.15, -0.1) is 0 Å². The normalized spacial score (nSPS) is 27.2. The van der Waals surface area contributed by atoms with Gasteiger partial charge >= 0.3 is 0 Å². The van der Waals surface area contributed by atoms with Gasteiger partial charge < -0.3 is 14.6 Å². The predicted molar refractivity (Wildman–Crippen MR) is 99.3 cm³/mol. The molecule has 26 heavy (non-hydrogen) atoms. The van der Waals surface area contributed by atoms with Gasteiger partial charge in [-0.25, -0.2) is 4.98 Å². The molecule has 1 N–H and O–H groups in total. The molecule has 2 aromatic rings. The highest BCUT2D eigenvalue weighted by atomic mass is 16.5. The van der Waals surface area contributed by atoms with Gasteiger partial charge in [-0.05, 0) is 38.8 Å². The number of aryl methyl sites for hydroxylation is 2. The number of nitrogens with one attached hydrogen (secondary N) is 1. The summed E-state index contributed by atoms with van der Waals surface area (Å²) in [6, 6.07) is 3.67. The third-order valence-electron chi connectivity index (χ3n) is 5.94. The Morgan fingerprint density at radius 3 is 2.92 bits per heavy atom. The lowest BCUT2D eigenvalue weighted by molar-refractivity contribution is -0.0545. The van der Waals surface area contributed by atoms with Crippen molar-refractivity contribution in [1.82, 2.24) is 14.9 Å². The lowest BCUT2D eigenvalue weighted by Crippen LogP contribution is -2.61. The maximum atomic E-state index is 12.9. The van der Waals surface area contributed by atoms with Crippen LogP contribution in [-0.4, -0.2) is 34.2 Å². The largest absolute Gasteiger partial charge is 0.377 e. The van der Waals surface area contributed by atoms with Gasteiger partial charge in [0.05, 0.1) is 11.5 Å². The zero-order valence-corrected chi connectivity index (χ0v) is 15.5. The Balaban J connectivity index is 1.68. The number of nitrogens with zero attached hydrogens (tertiary/aromatic N) is 2. The van der Waals surface area contributed by atoms with Crippen molar-refractivity contribution in [2.24, 2.45) is 11.8 Å². The number of aromatic nitrogens is 2. The molecule has 1 saturated heterocycles. The van der Waals surface area contributed by atoms with Gasteiger partial charge in [0, 0.05) is 42.9 Å². The third-order valence-corrected chi connectivity index (χ3v) is 5.94. The smallest absolute Gasteiger partial charge is 0.257 e. The molecular weight excluding hydrogens is 330 g/mol. The number of ether oxygens (including phenoxy) is 1. The van der Waals surface area contributed by atoms with E-state index in [1.165, 1.54) is 0 Å². The van der Waals surface area contributed by atoms with E-state index >= 15 is 0 Å². The minimum Gasteiger partial charge on any atom is -0.377 e. The zero-order chi connectivity index (χ0) is 18.4. The van der Waals surface area contributed by atoms with Crippen LogP contribution in [0.4, 0.5) is 0 Å². The molecule has 1 amide bonds. The minimum absolute atomic E-state index is 0.0984. The summed E-state index contributed by atoms with van der Waals surface area (Å²) < 4.78 is 7.65. The van der Waals surface area contributed by atoms with Gasteiger partial charge in [0.2, 0.25) is 5.43 Å². The van der Waals surface area contributed by atoms with Crippen molar-refractivity contribution in [2.45, 2.75) is 52.3 Å². The Bertz CT molecular complexity index is 920. The van der Waals surface area contributed by atoms with E-state index in [2.05, 4.69) is 17.2 Å². The molecule has 0 bridgehead atoms. The summed E-state index contributed by atoms with van der Waals surface area (Å²) in [5.41, 5.74) is 1.43. The van der Waals surface area contributed by atoms with Crippen LogP contribution >= 0.6 is 0 Å². The van der Waals surface area contributed by atoms with Crippen molar-refractivity contribution >= 4 is 16.9 Å². The number of hydrogen-bond donors (Lipinski definition) is 1. The quantitative estimate of drug-likeness (QED) is 0.913. The van der Waals surface area contributed by atoms with Gasteiger partial charge in [-0.1, -0.05) is 6.92 Å². The molecule has 2 aromatic heterocycles. The molecule has 0 aromatic carbocycles. The Kier molecular flexibility index (Phi) is 4.31. The molecule has 3 heterocycles. The summed E-state index contributed by atoms with van der Waals surface area (Å²) in [5.74, 6) is 0.431. The van der Waals surface area contributed by atoms with E-state index in [9.17, 15) is 9.59 Å². The Hall–Kier alpha value is -2.21. The molecule has 2 aliphatic rings. The fourth-order valence-corrected chi connectivity index (χ4v) is 4.52. The van der Waals surface area contributed by atoms with E-state index in [1.54, 1.807) is 12.3 Å². The summed E-state index contributed by atoms with van der Waals surface area (Å²) in [7, 11) is 0. The standard InChI is InChI=1S/C20H25N3O3/c1-4-12-16(13-8-9-26-18(12)13)22-20(25)15-10-23(5-2)19-14(17(15)24)7-6-11(3)21-19/h6-7,10,12-13,16,18H,4-5,8-9H2,1-3H3,(H,22,25)/t12-,13+,16+,18-/m1/s1. The minimum atomic E-state index is -0.284. The molecule has 138 valence electrons. The van der Waals surface area contributed by atoms with Crippen LogP contribution in [0.3, 0.4) is 0 Å². The lowest BCUT2D eigenvalue weighted by atomic mass is 9.65. The SMILES string of the molecule is CC[C@@H]1[C@H](NC(=O)c2cn(CC)c3nc(C)ccc3c2=O)[C@@H]2CCO[C@H]12. The van der Waals surface area contributed by atoms with E-state index in [4.69, 9.17) is 4.74 Å². The molecule has 0 spiro atoms. The van der Waals surface area contributed by atoms with Gasteiger partial charge in [-0.3, -0.25) is 9.59 Å². The number of carbonyl (C=O) groups is 1. The summed E-state index contributed by atoms with van der Waals surface area (Å²) in [5, 5.41) is 3.61. The fraction of sp³-hybridized carbons (Fsp3) is 0.550. The van der Waals surface area contributed by atoms with Crippen molar-refractivity contribution in [3.63, 3.8) is 0 Å². The highest BCUT2D eigenvalue weighted by Crippen LogP contribution is 2.45. The highest BCUT2D eigenvalue weighted by molar-refractivity contribution is 5.97. The number of carbonyl (C=O) groups excluding carboxylic acids is 1. The Labute approximate surface area is 152 Å². The number of fused-ring (bicyclic) bond motifs is 2. The molecule has 4 rings (SSSR count). The third kappa shape index (κ3) is 2.55. The lowest BCUT2D eigenvalue weighted by Gasteiger charge is -2.47.